The first-order valence-corrected chi connectivity index (χ1v) is 19.5. The van der Waals surface area contributed by atoms with Crippen molar-refractivity contribution >= 4 is 11.6 Å². The number of anilines is 1. The Labute approximate surface area is 312 Å². The quantitative estimate of drug-likeness (QED) is 0.0878. The van der Waals surface area contributed by atoms with Crippen molar-refractivity contribution in [1.29, 1.82) is 0 Å². The Morgan fingerprint density at radius 2 is 1.83 bits per heavy atom. The van der Waals surface area contributed by atoms with Crippen LogP contribution in [0.4, 0.5) is 5.69 Å². The van der Waals surface area contributed by atoms with Crippen LogP contribution in [0.1, 0.15) is 86.3 Å². The number of aliphatic hydroxyl groups is 3. The third-order valence-corrected chi connectivity index (χ3v) is 12.4. The maximum Gasteiger partial charge on any atom is 0.262 e. The lowest BCUT2D eigenvalue weighted by atomic mass is 9.80. The minimum absolute atomic E-state index is 0.0785. The van der Waals surface area contributed by atoms with Gasteiger partial charge in [-0.2, -0.15) is 0 Å². The summed E-state index contributed by atoms with van der Waals surface area (Å²) in [7, 11) is 0. The molecule has 4 heterocycles. The number of aliphatic hydroxyl groups excluding tert-OH is 2. The summed E-state index contributed by atoms with van der Waals surface area (Å²) in [5.74, 6) is 1.41. The Morgan fingerprint density at radius 3 is 2.58 bits per heavy atom. The molecule has 1 amide bonds. The number of ether oxygens (including phenoxy) is 3. The molecule has 0 aromatic heterocycles. The molecule has 1 saturated carbocycles. The minimum Gasteiger partial charge on any atom is -0.508 e. The maximum absolute atomic E-state index is 12.1. The summed E-state index contributed by atoms with van der Waals surface area (Å²) in [6.45, 7) is 7.04. The van der Waals surface area contributed by atoms with Gasteiger partial charge in [-0.15, -0.1) is 0 Å². The van der Waals surface area contributed by atoms with Gasteiger partial charge in [-0.3, -0.25) is 4.79 Å². The molecule has 3 aromatic rings. The van der Waals surface area contributed by atoms with Crippen molar-refractivity contribution in [3.63, 3.8) is 0 Å². The molecule has 0 spiro atoms. The molecule has 1 aliphatic carbocycles. The van der Waals surface area contributed by atoms with Crippen molar-refractivity contribution in [1.82, 2.24) is 5.32 Å². The minimum atomic E-state index is -0.999. The highest BCUT2D eigenvalue weighted by atomic mass is 16.5. The predicted octanol–water partition coefficient (Wildman–Crippen LogP) is 5.07. The van der Waals surface area contributed by atoms with Gasteiger partial charge in [0.05, 0.1) is 51.2 Å². The summed E-state index contributed by atoms with van der Waals surface area (Å²) < 4.78 is 19.6. The number of amides is 1. The van der Waals surface area contributed by atoms with Crippen LogP contribution in [0, 0.1) is 11.8 Å². The van der Waals surface area contributed by atoms with Gasteiger partial charge in [-0.25, -0.2) is 0 Å². The number of piperidine rings is 3. The highest BCUT2D eigenvalue weighted by Crippen LogP contribution is 2.43. The first kappa shape index (κ1) is 37.6. The Hall–Kier alpha value is -3.71. The van der Waals surface area contributed by atoms with E-state index in [1.165, 1.54) is 25.0 Å². The number of quaternary nitrogens is 1. The van der Waals surface area contributed by atoms with Crippen LogP contribution in [0.25, 0.3) is 0 Å². The summed E-state index contributed by atoms with van der Waals surface area (Å²) in [6.07, 6.45) is 6.79. The highest BCUT2D eigenvalue weighted by molar-refractivity contribution is 5.96. The van der Waals surface area contributed by atoms with Gasteiger partial charge in [0.15, 0.2) is 6.61 Å². The largest absolute Gasteiger partial charge is 0.508 e. The van der Waals surface area contributed by atoms with Crippen molar-refractivity contribution in [2.45, 2.75) is 82.3 Å². The number of nitrogens with one attached hydrogen (secondary N) is 2. The number of phenolic OH excluding ortho intramolecular Hbond substituents is 1. The molecule has 11 heteroatoms. The Balaban J connectivity index is 0.903. The molecule has 8 rings (SSSR count). The van der Waals surface area contributed by atoms with Gasteiger partial charge in [0, 0.05) is 55.0 Å². The molecule has 11 nitrogen and oxygen atoms in total. The number of fused-ring (bicyclic) bond motifs is 4. The second-order valence-corrected chi connectivity index (χ2v) is 15.8. The maximum atomic E-state index is 12.1. The van der Waals surface area contributed by atoms with Crippen molar-refractivity contribution in [3.05, 3.63) is 82.9 Å². The van der Waals surface area contributed by atoms with Gasteiger partial charge < -0.3 is 49.8 Å². The van der Waals surface area contributed by atoms with E-state index in [1.54, 1.807) is 0 Å². The van der Waals surface area contributed by atoms with Gasteiger partial charge in [0.1, 0.15) is 35.5 Å². The zero-order valence-electron chi connectivity index (χ0n) is 30.8. The molecular formula is C42H56N3O8+. The van der Waals surface area contributed by atoms with E-state index in [4.69, 9.17) is 14.2 Å². The fourth-order valence-electron chi connectivity index (χ4n) is 9.22. The smallest absolute Gasteiger partial charge is 0.262 e. The predicted molar refractivity (Wildman–Crippen MR) is 201 cm³/mol. The molecule has 3 aromatic carbocycles. The number of hydrogen-bond donors (Lipinski definition) is 6. The molecule has 2 bridgehead atoms. The van der Waals surface area contributed by atoms with E-state index in [9.17, 15) is 25.2 Å². The number of rotatable bonds is 16. The van der Waals surface area contributed by atoms with Crippen molar-refractivity contribution in [3.8, 4) is 17.2 Å². The molecule has 286 valence electrons. The van der Waals surface area contributed by atoms with E-state index in [0.717, 1.165) is 73.9 Å². The first-order chi connectivity index (χ1) is 25.7. The van der Waals surface area contributed by atoms with Gasteiger partial charge >= 0.3 is 0 Å². The average Bonchev–Trinajstić information content (AvgIpc) is 3.74. The Bertz CT molecular complexity index is 1710. The fraction of sp³-hybridized carbons (Fsp3) is 0.548. The van der Waals surface area contributed by atoms with Crippen LogP contribution in [0.2, 0.25) is 0 Å². The number of hydrogen-bond acceptors (Lipinski definition) is 9. The standard InChI is InChI=1S/C42H55N3O8/c1-28(43-23-37(48)35-21-34(47)22-36-41(35)52-26-40(49)44-36)30-12-13-38(31(20-30)25-46)51-19-7-16-45-17-14-29(15-18-45)39(24-45)53-27-42(50,33-10-5-6-11-33)32-8-3-2-4-9-32/h2-4,8-9,12-13,20-22,28-29,33,37,39,43,46,48,50H,5-7,10-11,14-19,23-27H2,1H3,(H-,44,47,49)/p+1/t28-,29?,37+,39+,42?,45?/m1/s1. The zero-order valence-corrected chi connectivity index (χ0v) is 30.8. The van der Waals surface area contributed by atoms with E-state index in [0.29, 0.717) is 47.4 Å². The molecule has 4 aliphatic heterocycles. The molecule has 53 heavy (non-hydrogen) atoms. The molecule has 0 radical (unpaired) electrons. The summed E-state index contributed by atoms with van der Waals surface area (Å²) in [6, 6.07) is 18.6. The van der Waals surface area contributed by atoms with Gasteiger partial charge in [-0.05, 0) is 55.0 Å². The van der Waals surface area contributed by atoms with Crippen molar-refractivity contribution in [2.24, 2.45) is 11.8 Å². The number of carbonyl (C=O) groups excluding carboxylic acids is 1. The number of phenols is 1. The van der Waals surface area contributed by atoms with Gasteiger partial charge in [-0.1, -0.05) is 49.2 Å². The van der Waals surface area contributed by atoms with Crippen LogP contribution in [-0.2, 0) is 21.7 Å². The van der Waals surface area contributed by atoms with Crippen LogP contribution in [0.5, 0.6) is 17.2 Å². The topological polar surface area (TPSA) is 150 Å². The second-order valence-electron chi connectivity index (χ2n) is 15.8. The lowest BCUT2D eigenvalue weighted by molar-refractivity contribution is -0.946. The van der Waals surface area contributed by atoms with Crippen LogP contribution in [0.15, 0.2) is 60.7 Å². The average molecular weight is 731 g/mol. The van der Waals surface area contributed by atoms with E-state index in [-0.39, 0.29) is 49.5 Å². The molecule has 4 atom stereocenters. The molecule has 3 saturated heterocycles. The normalized spacial score (nSPS) is 24.9. The summed E-state index contributed by atoms with van der Waals surface area (Å²) in [5.41, 5.74) is 2.39. The number of aromatic hydroxyl groups is 1. The zero-order chi connectivity index (χ0) is 37.0. The molecule has 5 aliphatic rings. The summed E-state index contributed by atoms with van der Waals surface area (Å²) >= 11 is 0. The van der Waals surface area contributed by atoms with Gasteiger partial charge in [0.2, 0.25) is 0 Å². The van der Waals surface area contributed by atoms with Crippen LogP contribution in [-0.4, -0.2) is 89.5 Å². The highest BCUT2D eigenvalue weighted by Gasteiger charge is 2.48. The SMILES string of the molecule is C[C@@H](NC[C@H](O)c1cc(O)cc2c1OCC(=O)N2)c1ccc(OCCC[N+]23CCC(CC2)[C@@H](OCC(O)(c2ccccc2)C2CCCC2)C3)c(CO)c1. The summed E-state index contributed by atoms with van der Waals surface area (Å²) in [4.78, 5) is 11.7. The molecule has 6 N–H and O–H groups in total. The lowest BCUT2D eigenvalue weighted by Gasteiger charge is -2.53. The van der Waals surface area contributed by atoms with Crippen LogP contribution < -0.4 is 20.1 Å². The lowest BCUT2D eigenvalue weighted by Crippen LogP contribution is -2.65. The fourth-order valence-corrected chi connectivity index (χ4v) is 9.22. The third kappa shape index (κ3) is 8.35. The van der Waals surface area contributed by atoms with Gasteiger partial charge in [0.25, 0.3) is 5.91 Å². The summed E-state index contributed by atoms with van der Waals surface area (Å²) in [5, 5.41) is 49.4. The molecule has 1 unspecified atom stereocenters. The Kier molecular flexibility index (Phi) is 11.6. The van der Waals surface area contributed by atoms with Crippen molar-refractivity contribution < 1.29 is 43.9 Å². The molecule has 4 fully saturated rings. The number of nitrogens with zero attached hydrogens (tertiary/aromatic N) is 1. The second kappa shape index (κ2) is 16.3. The third-order valence-electron chi connectivity index (χ3n) is 12.4. The van der Waals surface area contributed by atoms with E-state index in [2.05, 4.69) is 22.8 Å². The molecular weight excluding hydrogens is 674 g/mol. The van der Waals surface area contributed by atoms with E-state index in [1.807, 2.05) is 43.3 Å². The van der Waals surface area contributed by atoms with E-state index >= 15 is 0 Å². The van der Waals surface area contributed by atoms with Crippen molar-refractivity contribution in [2.75, 3.05) is 57.9 Å². The number of benzene rings is 3. The van der Waals surface area contributed by atoms with Crippen LogP contribution in [0.3, 0.4) is 0 Å². The number of carbonyl (C=O) groups is 1. The Morgan fingerprint density at radius 1 is 1.06 bits per heavy atom. The first-order valence-electron chi connectivity index (χ1n) is 19.5. The van der Waals surface area contributed by atoms with Crippen LogP contribution >= 0.6 is 0 Å². The van der Waals surface area contributed by atoms with E-state index < -0.39 is 11.7 Å². The monoisotopic (exact) mass is 730 g/mol.